The topological polar surface area (TPSA) is 84.8 Å². The van der Waals surface area contributed by atoms with Crippen LogP contribution in [0.25, 0.3) is 0 Å². The highest BCUT2D eigenvalue weighted by atomic mass is 127. The third kappa shape index (κ3) is 7.27. The van der Waals surface area contributed by atoms with E-state index >= 15 is 0 Å². The zero-order valence-electron chi connectivity index (χ0n) is 23.7. The van der Waals surface area contributed by atoms with E-state index in [-0.39, 0.29) is 60.5 Å². The van der Waals surface area contributed by atoms with Gasteiger partial charge in [-0.15, -0.1) is 0 Å². The van der Waals surface area contributed by atoms with Crippen LogP contribution in [0.1, 0.15) is 59.3 Å². The minimum atomic E-state index is -0.430. The highest BCUT2D eigenvalue weighted by Gasteiger charge is 2.43. The normalized spacial score (nSPS) is 43.0. The number of rotatable bonds is 1. The molecule has 0 saturated carbocycles. The van der Waals surface area contributed by atoms with Gasteiger partial charge in [-0.1, -0.05) is 60.7 Å². The first-order valence-electron chi connectivity index (χ1n) is 14.6. The minimum absolute atomic E-state index is 0.00952. The lowest BCUT2D eigenvalue weighted by Gasteiger charge is -2.44. The molecule has 40 heavy (non-hydrogen) atoms. The van der Waals surface area contributed by atoms with E-state index in [9.17, 15) is 4.79 Å². The second kappa shape index (κ2) is 13.6. The Labute approximate surface area is 251 Å². The lowest BCUT2D eigenvalue weighted by molar-refractivity contribution is -0.229. The summed E-state index contributed by atoms with van der Waals surface area (Å²) in [7, 11) is 0. The van der Waals surface area contributed by atoms with Crippen molar-refractivity contribution in [1.82, 2.24) is 0 Å². The fraction of sp³-hybridized carbons (Fsp3) is 0.677. The first-order valence-corrected chi connectivity index (χ1v) is 15.8. The third-order valence-corrected chi connectivity index (χ3v) is 9.56. The van der Waals surface area contributed by atoms with Crippen molar-refractivity contribution in [2.45, 2.75) is 108 Å². The summed E-state index contributed by atoms with van der Waals surface area (Å²) in [6.45, 7) is 11.6. The fourth-order valence-corrected chi connectivity index (χ4v) is 6.81. The van der Waals surface area contributed by atoms with Crippen molar-refractivity contribution in [3.8, 4) is 0 Å². The van der Waals surface area contributed by atoms with Crippen LogP contribution in [-0.4, -0.2) is 74.0 Å². The van der Waals surface area contributed by atoms with E-state index in [0.717, 1.165) is 31.3 Å². The largest absolute Gasteiger partial charge is 0.475 e. The van der Waals surface area contributed by atoms with Gasteiger partial charge >= 0.3 is 5.97 Å². The second-order valence-corrected chi connectivity index (χ2v) is 12.4. The number of nitrogens with zero attached hydrogens (tertiary/aromatic N) is 1. The zero-order valence-corrected chi connectivity index (χ0v) is 25.9. The number of halogens is 1. The molecule has 8 bridgehead atoms. The van der Waals surface area contributed by atoms with Crippen LogP contribution in [0, 0.1) is 11.8 Å². The summed E-state index contributed by atoms with van der Waals surface area (Å²) in [6, 6.07) is -0.202. The number of carbonyl (C=O) groups excluding carboxylic acids is 1. The first kappa shape index (κ1) is 29.9. The minimum Gasteiger partial charge on any atom is -0.475 e. The van der Waals surface area contributed by atoms with Gasteiger partial charge < -0.3 is 28.4 Å². The number of aliphatic imine (C=N–C) groups is 1. The van der Waals surface area contributed by atoms with Gasteiger partial charge in [0.2, 0.25) is 5.90 Å². The van der Waals surface area contributed by atoms with Crippen LogP contribution in [0.2, 0.25) is 0 Å². The molecule has 9 heteroatoms. The van der Waals surface area contributed by atoms with Gasteiger partial charge in [-0.2, -0.15) is 0 Å². The highest BCUT2D eigenvalue weighted by Crippen LogP contribution is 2.37. The van der Waals surface area contributed by atoms with E-state index < -0.39 is 6.29 Å². The van der Waals surface area contributed by atoms with Gasteiger partial charge in [0.05, 0.1) is 37.1 Å². The van der Waals surface area contributed by atoms with Crippen molar-refractivity contribution < 1.29 is 33.2 Å². The molecular formula is C31H42INO7. The van der Waals surface area contributed by atoms with Crippen molar-refractivity contribution in [1.29, 1.82) is 0 Å². The van der Waals surface area contributed by atoms with Crippen LogP contribution >= 0.6 is 22.6 Å². The molecule has 1 unspecified atom stereocenters. The second-order valence-electron chi connectivity index (χ2n) is 11.7. The van der Waals surface area contributed by atoms with Gasteiger partial charge in [-0.3, -0.25) is 0 Å². The van der Waals surface area contributed by atoms with Gasteiger partial charge in [-0.25, -0.2) is 9.79 Å². The Bertz CT molecular complexity index is 1050. The number of hydrogen-bond acceptors (Lipinski definition) is 8. The Hall–Kier alpha value is -1.53. The first-order chi connectivity index (χ1) is 19.3. The van der Waals surface area contributed by atoms with E-state index in [1.165, 1.54) is 5.57 Å². The predicted octanol–water partition coefficient (Wildman–Crippen LogP) is 5.61. The van der Waals surface area contributed by atoms with Crippen LogP contribution in [0.4, 0.5) is 0 Å². The highest BCUT2D eigenvalue weighted by molar-refractivity contribution is 14.1. The molecule has 0 N–H and O–H groups in total. The van der Waals surface area contributed by atoms with Crippen LogP contribution in [-0.2, 0) is 33.2 Å². The summed E-state index contributed by atoms with van der Waals surface area (Å²) in [4.78, 5) is 17.7. The van der Waals surface area contributed by atoms with E-state index in [0.29, 0.717) is 32.0 Å². The fourth-order valence-electron chi connectivity index (χ4n) is 6.45. The molecule has 0 spiro atoms. The van der Waals surface area contributed by atoms with Gasteiger partial charge in [0.15, 0.2) is 6.29 Å². The molecule has 0 aromatic heterocycles. The number of carbonyl (C=O) groups is 1. The average molecular weight is 668 g/mol. The summed E-state index contributed by atoms with van der Waals surface area (Å²) in [5, 5.41) is 0. The van der Waals surface area contributed by atoms with Crippen molar-refractivity contribution in [3.05, 3.63) is 46.1 Å². The maximum Gasteiger partial charge on any atom is 0.330 e. The molecule has 0 radical (unpaired) electrons. The molecule has 5 rings (SSSR count). The molecule has 3 fully saturated rings. The molecule has 8 nitrogen and oxygen atoms in total. The number of fused-ring (bicyclic) bond motifs is 8. The Morgan fingerprint density at radius 1 is 1.05 bits per heavy atom. The lowest BCUT2D eigenvalue weighted by Crippen LogP contribution is -2.50. The van der Waals surface area contributed by atoms with Gasteiger partial charge in [0.1, 0.15) is 18.8 Å². The Balaban J connectivity index is 1.38. The maximum absolute atomic E-state index is 13.0. The Morgan fingerprint density at radius 3 is 2.67 bits per heavy atom. The van der Waals surface area contributed by atoms with E-state index in [2.05, 4.69) is 49.9 Å². The predicted molar refractivity (Wildman–Crippen MR) is 160 cm³/mol. The maximum atomic E-state index is 13.0. The monoisotopic (exact) mass is 667 g/mol. The van der Waals surface area contributed by atoms with Gasteiger partial charge in [0, 0.05) is 24.3 Å². The molecule has 0 aromatic carbocycles. The zero-order chi connectivity index (χ0) is 28.2. The van der Waals surface area contributed by atoms with Crippen molar-refractivity contribution in [2.24, 2.45) is 16.8 Å². The molecule has 3 saturated heterocycles. The molecule has 5 aliphatic rings. The standard InChI is InChI=1S/C31H42INO7/c1-18-13-22-7-5-10-28(34)40-30-20(3)26(39-29(21(30)4)19(2)16-32)8-6-9-27-33-25(17-36-27)31-35-12-11-23(38-31)15-24(14-18)37-22/h5-6,9-10,16,20-26,29-31H,1,7-8,11-15,17H2,2-4H3/b9-6+,10-5-,19-16+/t20-,21-,22-,23-,24+,25?,26+,29-,30-,31-/m0/s1. The number of esters is 1. The number of ether oxygens (including phenoxy) is 6. The van der Waals surface area contributed by atoms with E-state index in [4.69, 9.17) is 33.4 Å². The summed E-state index contributed by atoms with van der Waals surface area (Å²) < 4.78 is 39.3. The number of hydrogen-bond donors (Lipinski definition) is 0. The molecule has 5 heterocycles. The summed E-state index contributed by atoms with van der Waals surface area (Å²) in [5.41, 5.74) is 2.29. The smallest absolute Gasteiger partial charge is 0.330 e. The van der Waals surface area contributed by atoms with Crippen LogP contribution in [0.15, 0.2) is 51.1 Å². The quantitative estimate of drug-likeness (QED) is 0.205. The summed E-state index contributed by atoms with van der Waals surface area (Å²) in [5.74, 6) is 0.280. The van der Waals surface area contributed by atoms with Crippen molar-refractivity contribution in [3.63, 3.8) is 0 Å². The van der Waals surface area contributed by atoms with Crippen LogP contribution in [0.3, 0.4) is 0 Å². The van der Waals surface area contributed by atoms with Gasteiger partial charge in [0.25, 0.3) is 0 Å². The van der Waals surface area contributed by atoms with E-state index in [1.807, 2.05) is 22.3 Å². The molecule has 10 atom stereocenters. The Morgan fingerprint density at radius 2 is 1.85 bits per heavy atom. The molecule has 0 aromatic rings. The molecule has 0 aliphatic carbocycles. The Kier molecular flexibility index (Phi) is 10.2. The van der Waals surface area contributed by atoms with Crippen molar-refractivity contribution in [2.75, 3.05) is 13.2 Å². The summed E-state index contributed by atoms with van der Waals surface area (Å²) >= 11 is 2.24. The average Bonchev–Trinajstić information content (AvgIpc) is 3.40. The molecule has 220 valence electrons. The van der Waals surface area contributed by atoms with Crippen molar-refractivity contribution >= 4 is 34.5 Å². The summed E-state index contributed by atoms with van der Waals surface area (Å²) in [6.07, 6.45) is 10.9. The SMILES string of the molecule is C=C1C[C@@H]2C[C@@H]3CCO[C@@H](O3)C3COC(=N3)/C=C/C[C@H]3O[C@@H](/C(C)=C/I)[C@H](C)[C@@H](OC(=O)/C=C\C[C@@H](C1)O2)[C@H]3C. The molecule has 5 aliphatic heterocycles. The molecule has 0 amide bonds. The third-order valence-electron chi connectivity index (χ3n) is 8.58. The van der Waals surface area contributed by atoms with Crippen LogP contribution in [0.5, 0.6) is 0 Å². The lowest BCUT2D eigenvalue weighted by atomic mass is 9.80. The molecular weight excluding hydrogens is 625 g/mol. The van der Waals surface area contributed by atoms with E-state index in [1.54, 1.807) is 6.08 Å². The van der Waals surface area contributed by atoms with Gasteiger partial charge in [-0.05, 0) is 54.8 Å². The van der Waals surface area contributed by atoms with Crippen LogP contribution < -0.4 is 0 Å².